The molecule has 2 aromatic heterocycles. The largest absolute Gasteiger partial charge is 0.455 e. The first kappa shape index (κ1) is 36.5. The molecule has 0 saturated heterocycles. The summed E-state index contributed by atoms with van der Waals surface area (Å²) in [5.41, 5.74) is 17.4. The molecule has 0 bridgehead atoms. The fraction of sp³-hybridized carbons (Fsp3) is 0. The average molecular weight is 805 g/mol. The Hall–Kier alpha value is -8.40. The first-order valence-corrected chi connectivity index (χ1v) is 21.5. The number of benzene rings is 10. The van der Waals surface area contributed by atoms with Crippen LogP contribution in [0.2, 0.25) is 0 Å². The molecule has 0 atom stereocenters. The molecule has 3 heteroatoms. The summed E-state index contributed by atoms with van der Waals surface area (Å²) in [6.07, 6.45) is 0. The van der Waals surface area contributed by atoms with Crippen molar-refractivity contribution < 1.29 is 4.42 Å². The Bertz CT molecular complexity index is 3570. The minimum absolute atomic E-state index is 0.872. The van der Waals surface area contributed by atoms with E-state index in [1.165, 1.54) is 27.4 Å². The molecule has 0 saturated carbocycles. The maximum Gasteiger partial charge on any atom is 0.143 e. The van der Waals surface area contributed by atoms with Crippen LogP contribution in [0.25, 0.3) is 93.9 Å². The molecule has 12 rings (SSSR count). The van der Waals surface area contributed by atoms with Gasteiger partial charge in [0, 0.05) is 55.0 Å². The molecule has 10 aromatic carbocycles. The Morgan fingerprint density at radius 1 is 0.286 bits per heavy atom. The molecule has 296 valence electrons. The van der Waals surface area contributed by atoms with Gasteiger partial charge in [0.2, 0.25) is 0 Å². The molecule has 0 amide bonds. The Labute approximate surface area is 366 Å². The number of furan rings is 1. The lowest BCUT2D eigenvalue weighted by Crippen LogP contribution is -2.12. The van der Waals surface area contributed by atoms with Crippen molar-refractivity contribution in [1.82, 2.24) is 4.57 Å². The monoisotopic (exact) mass is 804 g/mol. The summed E-state index contributed by atoms with van der Waals surface area (Å²) < 4.78 is 9.41. The highest BCUT2D eigenvalue weighted by molar-refractivity contribution is 6.14. The molecule has 0 fully saturated rings. The number of nitrogens with zero attached hydrogens (tertiary/aromatic N) is 2. The highest BCUT2D eigenvalue weighted by atomic mass is 16.3. The Kier molecular flexibility index (Phi) is 8.83. The third-order valence-corrected chi connectivity index (χ3v) is 12.4. The van der Waals surface area contributed by atoms with Crippen molar-refractivity contribution >= 4 is 60.8 Å². The first-order chi connectivity index (χ1) is 31.3. The second kappa shape index (κ2) is 15.3. The molecule has 0 unspecified atom stereocenters. The van der Waals surface area contributed by atoms with Crippen LogP contribution < -0.4 is 4.90 Å². The van der Waals surface area contributed by atoms with Gasteiger partial charge in [0.15, 0.2) is 0 Å². The molecule has 3 nitrogen and oxygen atoms in total. The summed E-state index contributed by atoms with van der Waals surface area (Å²) in [5, 5.41) is 4.70. The minimum atomic E-state index is 0.872. The summed E-state index contributed by atoms with van der Waals surface area (Å²) in [4.78, 5) is 2.41. The highest BCUT2D eigenvalue weighted by Crippen LogP contribution is 2.48. The number of fused-ring (bicyclic) bond motifs is 6. The van der Waals surface area contributed by atoms with Gasteiger partial charge in [-0.05, 0) is 59.2 Å². The van der Waals surface area contributed by atoms with Crippen LogP contribution in [-0.4, -0.2) is 4.57 Å². The number of anilines is 3. The van der Waals surface area contributed by atoms with Gasteiger partial charge in [-0.2, -0.15) is 0 Å². The standard InChI is InChI=1S/C60H40N2O/c1-3-19-41(20-4-1)45-23-7-12-32-54(45)61(44-39-37-43(38-40-44)46-24-8-13-33-55(46)62-57-35-15-9-25-48(57)49-26-10-16-36-58(49)62)56-34-14-11-27-50(56)51-29-18-31-53-52-30-17-28-47(59(52)63-60(51)53)42-21-5-2-6-22-42/h1-40H. The Balaban J connectivity index is 1.04. The van der Waals surface area contributed by atoms with Gasteiger partial charge in [0.05, 0.1) is 28.1 Å². The van der Waals surface area contributed by atoms with E-state index in [-0.39, 0.29) is 0 Å². The number of aromatic nitrogens is 1. The molecule has 0 N–H and O–H groups in total. The smallest absolute Gasteiger partial charge is 0.143 e. The van der Waals surface area contributed by atoms with Crippen LogP contribution in [0.4, 0.5) is 17.1 Å². The number of hydrogen-bond donors (Lipinski definition) is 0. The van der Waals surface area contributed by atoms with Gasteiger partial charge >= 0.3 is 0 Å². The van der Waals surface area contributed by atoms with E-state index < -0.39 is 0 Å². The lowest BCUT2D eigenvalue weighted by molar-refractivity contribution is 0.671. The van der Waals surface area contributed by atoms with E-state index in [0.717, 1.165) is 83.6 Å². The summed E-state index contributed by atoms with van der Waals surface area (Å²) in [6.45, 7) is 0. The first-order valence-electron chi connectivity index (χ1n) is 21.5. The molecular weight excluding hydrogens is 765 g/mol. The van der Waals surface area contributed by atoms with E-state index in [1.807, 2.05) is 0 Å². The molecule has 0 aliphatic rings. The zero-order chi connectivity index (χ0) is 41.7. The Morgan fingerprint density at radius 3 is 1.37 bits per heavy atom. The molecule has 12 aromatic rings. The summed E-state index contributed by atoms with van der Waals surface area (Å²) in [7, 11) is 0. The zero-order valence-corrected chi connectivity index (χ0v) is 34.4. The maximum absolute atomic E-state index is 7.00. The third-order valence-electron chi connectivity index (χ3n) is 12.4. The van der Waals surface area contributed by atoms with Gasteiger partial charge in [0.25, 0.3) is 0 Å². The molecule has 0 radical (unpaired) electrons. The fourth-order valence-electron chi connectivity index (χ4n) is 9.60. The van der Waals surface area contributed by atoms with Crippen molar-refractivity contribution in [3.8, 4) is 50.2 Å². The SMILES string of the molecule is c1ccc(-c2ccccc2N(c2ccc(-c3ccccc3-n3c4ccccc4c4ccccc43)cc2)c2ccccc2-c2cccc3c2oc2c(-c4ccccc4)cccc23)cc1. The van der Waals surface area contributed by atoms with E-state index in [0.29, 0.717) is 0 Å². The van der Waals surface area contributed by atoms with Gasteiger partial charge in [-0.25, -0.2) is 0 Å². The van der Waals surface area contributed by atoms with Gasteiger partial charge in [-0.3, -0.25) is 0 Å². The van der Waals surface area contributed by atoms with Crippen LogP contribution in [0.15, 0.2) is 247 Å². The van der Waals surface area contributed by atoms with Crippen molar-refractivity contribution in [2.24, 2.45) is 0 Å². The van der Waals surface area contributed by atoms with Crippen LogP contribution in [0.3, 0.4) is 0 Å². The summed E-state index contributed by atoms with van der Waals surface area (Å²) >= 11 is 0. The lowest BCUT2D eigenvalue weighted by Gasteiger charge is -2.30. The highest BCUT2D eigenvalue weighted by Gasteiger charge is 2.24. The van der Waals surface area contributed by atoms with Gasteiger partial charge in [-0.15, -0.1) is 0 Å². The van der Waals surface area contributed by atoms with E-state index >= 15 is 0 Å². The second-order valence-corrected chi connectivity index (χ2v) is 16.0. The van der Waals surface area contributed by atoms with Crippen LogP contribution in [0.5, 0.6) is 0 Å². The average Bonchev–Trinajstić information content (AvgIpc) is 3.92. The Morgan fingerprint density at radius 2 is 0.714 bits per heavy atom. The summed E-state index contributed by atoms with van der Waals surface area (Å²) in [5.74, 6) is 0. The van der Waals surface area contributed by atoms with Gasteiger partial charge in [-0.1, -0.05) is 200 Å². The number of para-hydroxylation sites is 7. The number of rotatable bonds is 8. The van der Waals surface area contributed by atoms with E-state index in [1.54, 1.807) is 0 Å². The van der Waals surface area contributed by atoms with Crippen molar-refractivity contribution in [2.75, 3.05) is 4.90 Å². The second-order valence-electron chi connectivity index (χ2n) is 16.0. The zero-order valence-electron chi connectivity index (χ0n) is 34.4. The van der Waals surface area contributed by atoms with Crippen molar-refractivity contribution in [3.05, 3.63) is 243 Å². The topological polar surface area (TPSA) is 21.3 Å². The van der Waals surface area contributed by atoms with Gasteiger partial charge in [0.1, 0.15) is 11.2 Å². The quantitative estimate of drug-likeness (QED) is 0.153. The van der Waals surface area contributed by atoms with Crippen molar-refractivity contribution in [1.29, 1.82) is 0 Å². The van der Waals surface area contributed by atoms with Crippen LogP contribution >= 0.6 is 0 Å². The molecule has 63 heavy (non-hydrogen) atoms. The van der Waals surface area contributed by atoms with Crippen LogP contribution in [-0.2, 0) is 0 Å². The molecule has 0 aliphatic heterocycles. The predicted octanol–water partition coefficient (Wildman–Crippen LogP) is 16.8. The predicted molar refractivity (Wildman–Crippen MR) is 264 cm³/mol. The van der Waals surface area contributed by atoms with Crippen molar-refractivity contribution in [3.63, 3.8) is 0 Å². The molecule has 2 heterocycles. The fourth-order valence-corrected chi connectivity index (χ4v) is 9.60. The molecule has 0 aliphatic carbocycles. The molecular formula is C60H40N2O. The maximum atomic E-state index is 7.00. The molecule has 0 spiro atoms. The number of hydrogen-bond acceptors (Lipinski definition) is 2. The summed E-state index contributed by atoms with van der Waals surface area (Å²) in [6, 6.07) is 86.9. The van der Waals surface area contributed by atoms with E-state index in [4.69, 9.17) is 4.42 Å². The van der Waals surface area contributed by atoms with Gasteiger partial charge < -0.3 is 13.9 Å². The van der Waals surface area contributed by atoms with E-state index in [2.05, 4.69) is 252 Å². The van der Waals surface area contributed by atoms with Crippen LogP contribution in [0, 0.1) is 0 Å². The van der Waals surface area contributed by atoms with Crippen LogP contribution in [0.1, 0.15) is 0 Å². The van der Waals surface area contributed by atoms with Crippen molar-refractivity contribution in [2.45, 2.75) is 0 Å². The van der Waals surface area contributed by atoms with E-state index in [9.17, 15) is 0 Å². The lowest BCUT2D eigenvalue weighted by atomic mass is 9.97. The third kappa shape index (κ3) is 6.13. The normalized spacial score (nSPS) is 11.5. The minimum Gasteiger partial charge on any atom is -0.455 e.